The molecule has 0 unspecified atom stereocenters. The first-order valence-electron chi connectivity index (χ1n) is 14.1. The minimum absolute atomic E-state index is 0.00889. The molecule has 2 aliphatic carbocycles. The van der Waals surface area contributed by atoms with E-state index in [9.17, 15) is 14.4 Å². The molecule has 11 heteroatoms. The van der Waals surface area contributed by atoms with Gasteiger partial charge in [0.1, 0.15) is 24.9 Å². The molecule has 4 heterocycles. The zero-order valence-electron chi connectivity index (χ0n) is 23.3. The summed E-state index contributed by atoms with van der Waals surface area (Å²) in [5, 5.41) is 0. The lowest BCUT2D eigenvalue weighted by atomic mass is 9.43. The minimum atomic E-state index is -0.736. The normalized spacial score (nSPS) is 38.2. The molecule has 41 heavy (non-hydrogen) atoms. The van der Waals surface area contributed by atoms with Crippen LogP contribution in [0.2, 0.25) is 0 Å². The lowest BCUT2D eigenvalue weighted by Gasteiger charge is -2.65. The zero-order chi connectivity index (χ0) is 29.2. The van der Waals surface area contributed by atoms with Crippen LogP contribution >= 0.6 is 31.9 Å². The Hall–Kier alpha value is -2.11. The van der Waals surface area contributed by atoms with E-state index in [0.29, 0.717) is 15.8 Å². The van der Waals surface area contributed by atoms with E-state index in [1.165, 1.54) is 0 Å². The van der Waals surface area contributed by atoms with Gasteiger partial charge in [0.05, 0.1) is 12.0 Å². The van der Waals surface area contributed by atoms with Crippen molar-refractivity contribution in [2.75, 3.05) is 13.2 Å². The highest BCUT2D eigenvalue weighted by Crippen LogP contribution is 2.68. The van der Waals surface area contributed by atoms with Gasteiger partial charge in [0, 0.05) is 10.8 Å². The number of hydrogen-bond donors (Lipinski definition) is 0. The van der Waals surface area contributed by atoms with Gasteiger partial charge in [-0.1, -0.05) is 20.8 Å². The first-order chi connectivity index (χ1) is 19.4. The highest BCUT2D eigenvalue weighted by molar-refractivity contribution is 9.10. The Balaban J connectivity index is 1.33. The predicted octanol–water partition coefficient (Wildman–Crippen LogP) is 6.87. The Bertz CT molecular complexity index is 1370. The summed E-state index contributed by atoms with van der Waals surface area (Å²) in [6, 6.07) is 6.41. The highest BCUT2D eigenvalue weighted by atomic mass is 79.9. The summed E-state index contributed by atoms with van der Waals surface area (Å²) < 4.78 is 36.3. The van der Waals surface area contributed by atoms with E-state index in [0.717, 1.165) is 32.1 Å². The fourth-order valence-electron chi connectivity index (χ4n) is 8.42. The van der Waals surface area contributed by atoms with E-state index in [1.54, 1.807) is 24.3 Å². The molecular weight excluding hydrogens is 664 g/mol. The molecule has 6 rings (SSSR count). The lowest BCUT2D eigenvalue weighted by Crippen LogP contribution is -2.67. The van der Waals surface area contributed by atoms with Gasteiger partial charge >= 0.3 is 17.9 Å². The molecule has 222 valence electrons. The fourth-order valence-corrected chi connectivity index (χ4v) is 9.04. The summed E-state index contributed by atoms with van der Waals surface area (Å²) in [4.78, 5) is 38.3. The number of cyclic esters (lactones) is 1. The molecule has 4 aliphatic rings. The first kappa shape index (κ1) is 29.0. The van der Waals surface area contributed by atoms with E-state index in [1.807, 2.05) is 6.92 Å². The number of halogens is 2. The molecule has 0 amide bonds. The Labute approximate surface area is 255 Å². The zero-order valence-corrected chi connectivity index (χ0v) is 26.5. The molecule has 2 aromatic rings. The number of fused-ring (bicyclic) bond motifs is 2. The molecule has 0 radical (unpaired) electrons. The second-order valence-electron chi connectivity index (χ2n) is 12.7. The van der Waals surface area contributed by atoms with Crippen molar-refractivity contribution in [3.8, 4) is 0 Å². The van der Waals surface area contributed by atoms with Gasteiger partial charge < -0.3 is 27.8 Å². The summed E-state index contributed by atoms with van der Waals surface area (Å²) in [6.45, 7) is 6.88. The maximum absolute atomic E-state index is 13.2. The molecule has 7 atom stereocenters. The van der Waals surface area contributed by atoms with Crippen molar-refractivity contribution in [2.45, 2.75) is 83.0 Å². The summed E-state index contributed by atoms with van der Waals surface area (Å²) in [5.41, 5.74) is -2.14. The third-order valence-corrected chi connectivity index (χ3v) is 11.4. The summed E-state index contributed by atoms with van der Waals surface area (Å²) in [7, 11) is 0. The number of furan rings is 2. The number of rotatable bonds is 5. The van der Waals surface area contributed by atoms with Gasteiger partial charge in [0.15, 0.2) is 9.34 Å². The first-order valence-corrected chi connectivity index (χ1v) is 15.7. The molecule has 2 saturated heterocycles. The smallest absolute Gasteiger partial charge is 0.374 e. The highest BCUT2D eigenvalue weighted by Gasteiger charge is 2.70. The Morgan fingerprint density at radius 2 is 1.63 bits per heavy atom. The molecule has 2 spiro atoms. The second-order valence-corrected chi connectivity index (χ2v) is 14.2. The van der Waals surface area contributed by atoms with Crippen molar-refractivity contribution in [1.82, 2.24) is 0 Å². The molecule has 0 aromatic carbocycles. The van der Waals surface area contributed by atoms with Gasteiger partial charge in [0.25, 0.3) is 0 Å². The maximum Gasteiger partial charge on any atom is 0.374 e. The molecule has 2 aliphatic heterocycles. The van der Waals surface area contributed by atoms with Crippen molar-refractivity contribution in [1.29, 1.82) is 0 Å². The molecule has 4 fully saturated rings. The van der Waals surface area contributed by atoms with Crippen LogP contribution in [0.1, 0.15) is 86.8 Å². The predicted molar refractivity (Wildman–Crippen MR) is 151 cm³/mol. The van der Waals surface area contributed by atoms with E-state index in [-0.39, 0.29) is 54.4 Å². The Kier molecular flexibility index (Phi) is 7.25. The monoisotopic (exact) mass is 696 g/mol. The lowest BCUT2D eigenvalue weighted by molar-refractivity contribution is -0.265. The van der Waals surface area contributed by atoms with Crippen LogP contribution in [-0.2, 0) is 23.7 Å². The number of ether oxygens (including phenoxy) is 4. The third kappa shape index (κ3) is 4.70. The summed E-state index contributed by atoms with van der Waals surface area (Å²) in [6.07, 6.45) is 4.37. The van der Waals surface area contributed by atoms with Crippen LogP contribution in [-0.4, -0.2) is 48.4 Å². The number of esters is 3. The number of hydrogen-bond acceptors (Lipinski definition) is 9. The largest absolute Gasteiger partial charge is 0.463 e. The average Bonchev–Trinajstić information content (AvgIpc) is 3.72. The standard InChI is InChI=1S/C30H34Br2O9/c1-17-4-7-20-27(2,15-37-25(34)18-5-8-22(31)38-18)21(40-26(35)19-6-9-23(32)39-19)10-11-28(20,3)30(17)13-12-29(41-30)14-24(33)36-16-29/h5-6,8-9,17,20-21H,4,7,10-16H2,1-3H3/t17-,20-,21+,27+,28+,29-,30-/m1/s1. The van der Waals surface area contributed by atoms with Crippen LogP contribution in [0.3, 0.4) is 0 Å². The summed E-state index contributed by atoms with van der Waals surface area (Å²) in [5.74, 6) is -0.918. The maximum atomic E-state index is 13.2. The number of carbonyl (C=O) groups is 3. The summed E-state index contributed by atoms with van der Waals surface area (Å²) >= 11 is 6.48. The quantitative estimate of drug-likeness (QED) is 0.244. The topological polar surface area (TPSA) is 114 Å². The minimum Gasteiger partial charge on any atom is -0.463 e. The van der Waals surface area contributed by atoms with E-state index in [2.05, 4.69) is 45.7 Å². The molecule has 2 saturated carbocycles. The van der Waals surface area contributed by atoms with Crippen molar-refractivity contribution >= 4 is 49.8 Å². The average molecular weight is 698 g/mol. The fraction of sp³-hybridized carbons (Fsp3) is 0.633. The van der Waals surface area contributed by atoms with E-state index < -0.39 is 34.7 Å². The van der Waals surface area contributed by atoms with Crippen molar-refractivity contribution in [3.05, 3.63) is 45.1 Å². The van der Waals surface area contributed by atoms with Gasteiger partial charge in [-0.25, -0.2) is 9.59 Å². The van der Waals surface area contributed by atoms with Crippen LogP contribution in [0.4, 0.5) is 0 Å². The van der Waals surface area contributed by atoms with Gasteiger partial charge in [0.2, 0.25) is 11.5 Å². The van der Waals surface area contributed by atoms with Crippen LogP contribution in [0, 0.1) is 22.7 Å². The van der Waals surface area contributed by atoms with Crippen LogP contribution in [0.15, 0.2) is 42.4 Å². The van der Waals surface area contributed by atoms with Crippen molar-refractivity contribution in [3.63, 3.8) is 0 Å². The molecule has 2 aromatic heterocycles. The van der Waals surface area contributed by atoms with E-state index in [4.69, 9.17) is 27.8 Å². The second kappa shape index (κ2) is 10.3. The molecule has 0 bridgehead atoms. The number of carbonyl (C=O) groups excluding carboxylic acids is 3. The molecule has 0 N–H and O–H groups in total. The molecule has 9 nitrogen and oxygen atoms in total. The van der Waals surface area contributed by atoms with Gasteiger partial charge in [-0.05, 0) is 106 Å². The van der Waals surface area contributed by atoms with Gasteiger partial charge in [-0.3, -0.25) is 4.79 Å². The van der Waals surface area contributed by atoms with Crippen molar-refractivity contribution < 1.29 is 42.2 Å². The Morgan fingerprint density at radius 1 is 0.951 bits per heavy atom. The van der Waals surface area contributed by atoms with Crippen LogP contribution in [0.25, 0.3) is 0 Å². The van der Waals surface area contributed by atoms with Crippen LogP contribution in [0.5, 0.6) is 0 Å². The SMILES string of the molecule is C[C@@H]1CC[C@@H]2[C@](C)(COC(=O)c3ccc(Br)o3)[C@@H](OC(=O)c3ccc(Br)o3)CC[C@]2(C)[C@@]12CC[C@@]1(COC(=O)C1)O2. The van der Waals surface area contributed by atoms with Crippen molar-refractivity contribution in [2.24, 2.45) is 22.7 Å². The van der Waals surface area contributed by atoms with Gasteiger partial charge in [-0.15, -0.1) is 0 Å². The van der Waals surface area contributed by atoms with Gasteiger partial charge in [-0.2, -0.15) is 0 Å². The Morgan fingerprint density at radius 3 is 2.24 bits per heavy atom. The molecular formula is C30H34Br2O9. The van der Waals surface area contributed by atoms with E-state index >= 15 is 0 Å². The third-order valence-electron chi connectivity index (χ3n) is 10.5. The van der Waals surface area contributed by atoms with Crippen LogP contribution < -0.4 is 0 Å².